The van der Waals surface area contributed by atoms with E-state index in [4.69, 9.17) is 0 Å². The molecule has 4 nitrogen and oxygen atoms in total. The van der Waals surface area contributed by atoms with Crippen LogP contribution in [0.3, 0.4) is 0 Å². The van der Waals surface area contributed by atoms with Crippen molar-refractivity contribution in [3.05, 3.63) is 29.8 Å². The molecule has 1 unspecified atom stereocenters. The Bertz CT molecular complexity index is 463. The highest BCUT2D eigenvalue weighted by molar-refractivity contribution is 5.88. The first-order valence-corrected chi connectivity index (χ1v) is 7.53. The fraction of sp³-hybridized carbons (Fsp3) is 0.562. The Morgan fingerprint density at radius 2 is 1.95 bits per heavy atom. The number of benzene rings is 1. The SMILES string of the molecule is CC(=O)Nc1ccc(CNC2CN3CCC2CC3)cc1. The molecule has 3 aliphatic rings. The third-order valence-corrected chi connectivity index (χ3v) is 4.50. The van der Waals surface area contributed by atoms with Gasteiger partial charge in [0.15, 0.2) is 0 Å². The number of carbonyl (C=O) groups is 1. The molecule has 0 aliphatic carbocycles. The van der Waals surface area contributed by atoms with Crippen molar-refractivity contribution in [3.63, 3.8) is 0 Å². The van der Waals surface area contributed by atoms with Crippen LogP contribution in [-0.2, 0) is 11.3 Å². The maximum absolute atomic E-state index is 11.0. The molecule has 1 amide bonds. The van der Waals surface area contributed by atoms with Gasteiger partial charge in [-0.2, -0.15) is 0 Å². The van der Waals surface area contributed by atoms with Crippen molar-refractivity contribution in [1.82, 2.24) is 10.2 Å². The fourth-order valence-corrected chi connectivity index (χ4v) is 3.35. The molecule has 0 radical (unpaired) electrons. The normalized spacial score (nSPS) is 28.4. The Morgan fingerprint density at radius 1 is 1.25 bits per heavy atom. The smallest absolute Gasteiger partial charge is 0.221 e. The Balaban J connectivity index is 1.52. The molecule has 0 saturated carbocycles. The highest BCUT2D eigenvalue weighted by atomic mass is 16.1. The maximum atomic E-state index is 11.0. The molecule has 0 aromatic heterocycles. The Hall–Kier alpha value is -1.39. The second kappa shape index (κ2) is 5.94. The molecular weight excluding hydrogens is 250 g/mol. The summed E-state index contributed by atoms with van der Waals surface area (Å²) in [7, 11) is 0. The third kappa shape index (κ3) is 3.19. The number of carbonyl (C=O) groups excluding carboxylic acids is 1. The van der Waals surface area contributed by atoms with Crippen molar-refractivity contribution < 1.29 is 4.79 Å². The van der Waals surface area contributed by atoms with Crippen molar-refractivity contribution in [3.8, 4) is 0 Å². The van der Waals surface area contributed by atoms with Crippen LogP contribution in [0.25, 0.3) is 0 Å². The summed E-state index contributed by atoms with van der Waals surface area (Å²) in [4.78, 5) is 13.5. The summed E-state index contributed by atoms with van der Waals surface area (Å²) < 4.78 is 0. The minimum Gasteiger partial charge on any atom is -0.326 e. The minimum absolute atomic E-state index is 0.0249. The van der Waals surface area contributed by atoms with Gasteiger partial charge in [0.1, 0.15) is 0 Å². The lowest BCUT2D eigenvalue weighted by molar-refractivity contribution is -0.114. The van der Waals surface area contributed by atoms with E-state index in [1.54, 1.807) is 0 Å². The molecule has 4 heteroatoms. The monoisotopic (exact) mass is 273 g/mol. The topological polar surface area (TPSA) is 44.4 Å². The molecule has 20 heavy (non-hydrogen) atoms. The van der Waals surface area contributed by atoms with E-state index in [0.717, 1.165) is 18.2 Å². The van der Waals surface area contributed by atoms with Crippen LogP contribution in [0, 0.1) is 5.92 Å². The predicted molar refractivity (Wildman–Crippen MR) is 80.5 cm³/mol. The van der Waals surface area contributed by atoms with Gasteiger partial charge in [-0.1, -0.05) is 12.1 Å². The van der Waals surface area contributed by atoms with Gasteiger partial charge < -0.3 is 15.5 Å². The summed E-state index contributed by atoms with van der Waals surface area (Å²) in [5, 5.41) is 6.49. The van der Waals surface area contributed by atoms with Gasteiger partial charge in [-0.15, -0.1) is 0 Å². The number of hydrogen-bond acceptors (Lipinski definition) is 3. The van der Waals surface area contributed by atoms with E-state index >= 15 is 0 Å². The van der Waals surface area contributed by atoms with Gasteiger partial charge >= 0.3 is 0 Å². The van der Waals surface area contributed by atoms with Gasteiger partial charge in [0.05, 0.1) is 0 Å². The van der Waals surface area contributed by atoms with Crippen LogP contribution in [-0.4, -0.2) is 36.5 Å². The second-order valence-corrected chi connectivity index (χ2v) is 6.00. The molecule has 108 valence electrons. The molecule has 3 aliphatic heterocycles. The van der Waals surface area contributed by atoms with Gasteiger partial charge in [0, 0.05) is 31.7 Å². The molecule has 3 saturated heterocycles. The molecule has 2 N–H and O–H groups in total. The molecule has 3 fully saturated rings. The summed E-state index contributed by atoms with van der Waals surface area (Å²) in [6.45, 7) is 6.22. The van der Waals surface area contributed by atoms with Crippen LogP contribution in [0.2, 0.25) is 0 Å². The lowest BCUT2D eigenvalue weighted by atomic mass is 9.84. The Morgan fingerprint density at radius 3 is 2.50 bits per heavy atom. The van der Waals surface area contributed by atoms with Crippen LogP contribution in [0.15, 0.2) is 24.3 Å². The summed E-state index contributed by atoms with van der Waals surface area (Å²) >= 11 is 0. The molecule has 2 bridgehead atoms. The molecule has 1 aromatic rings. The number of fused-ring (bicyclic) bond motifs is 3. The molecule has 1 aromatic carbocycles. The van der Waals surface area contributed by atoms with Crippen LogP contribution < -0.4 is 10.6 Å². The number of nitrogens with zero attached hydrogens (tertiary/aromatic N) is 1. The highest BCUT2D eigenvalue weighted by Crippen LogP contribution is 2.27. The number of anilines is 1. The van der Waals surface area contributed by atoms with Crippen LogP contribution in [0.4, 0.5) is 5.69 Å². The quantitative estimate of drug-likeness (QED) is 0.879. The van der Waals surface area contributed by atoms with E-state index in [9.17, 15) is 4.79 Å². The fourth-order valence-electron chi connectivity index (χ4n) is 3.35. The van der Waals surface area contributed by atoms with Gasteiger partial charge in [-0.05, 0) is 49.5 Å². The first kappa shape index (κ1) is 13.6. The zero-order valence-electron chi connectivity index (χ0n) is 12.1. The number of nitrogens with one attached hydrogen (secondary N) is 2. The van der Waals surface area contributed by atoms with Gasteiger partial charge in [0.2, 0.25) is 5.91 Å². The lowest BCUT2D eigenvalue weighted by Gasteiger charge is -2.45. The minimum atomic E-state index is -0.0249. The summed E-state index contributed by atoms with van der Waals surface area (Å²) in [5.74, 6) is 0.835. The van der Waals surface area contributed by atoms with Crippen LogP contribution >= 0.6 is 0 Å². The Kier molecular flexibility index (Phi) is 4.03. The molecule has 4 rings (SSSR count). The zero-order valence-corrected chi connectivity index (χ0v) is 12.1. The predicted octanol–water partition coefficient (Wildman–Crippen LogP) is 1.83. The highest BCUT2D eigenvalue weighted by Gasteiger charge is 2.33. The van der Waals surface area contributed by atoms with E-state index in [0.29, 0.717) is 6.04 Å². The van der Waals surface area contributed by atoms with Crippen molar-refractivity contribution >= 4 is 11.6 Å². The summed E-state index contributed by atoms with van der Waals surface area (Å²) in [6.07, 6.45) is 2.69. The van der Waals surface area contributed by atoms with Gasteiger partial charge in [-0.25, -0.2) is 0 Å². The average Bonchev–Trinajstić information content (AvgIpc) is 2.47. The first-order valence-electron chi connectivity index (χ1n) is 7.53. The van der Waals surface area contributed by atoms with Crippen LogP contribution in [0.1, 0.15) is 25.3 Å². The molecule has 1 atom stereocenters. The van der Waals surface area contributed by atoms with Gasteiger partial charge in [-0.3, -0.25) is 4.79 Å². The van der Waals surface area contributed by atoms with E-state index in [-0.39, 0.29) is 5.91 Å². The van der Waals surface area contributed by atoms with Crippen molar-refractivity contribution in [2.24, 2.45) is 5.92 Å². The van der Waals surface area contributed by atoms with Crippen molar-refractivity contribution in [2.45, 2.75) is 32.4 Å². The van der Waals surface area contributed by atoms with Crippen molar-refractivity contribution in [2.75, 3.05) is 25.0 Å². The van der Waals surface area contributed by atoms with Gasteiger partial charge in [0.25, 0.3) is 0 Å². The third-order valence-electron chi connectivity index (χ3n) is 4.50. The number of hydrogen-bond donors (Lipinski definition) is 2. The van der Waals surface area contributed by atoms with E-state index in [1.807, 2.05) is 12.1 Å². The van der Waals surface area contributed by atoms with E-state index < -0.39 is 0 Å². The maximum Gasteiger partial charge on any atom is 0.221 e. The molecule has 0 spiro atoms. The lowest BCUT2D eigenvalue weighted by Crippen LogP contribution is -2.55. The number of piperidine rings is 3. The largest absolute Gasteiger partial charge is 0.326 e. The summed E-state index contributed by atoms with van der Waals surface area (Å²) in [6, 6.07) is 8.75. The zero-order chi connectivity index (χ0) is 13.9. The standard InChI is InChI=1S/C16H23N3O/c1-12(20)18-15-4-2-13(3-5-15)10-17-16-11-19-8-6-14(16)7-9-19/h2-5,14,16-17H,6-11H2,1H3,(H,18,20). The second-order valence-electron chi connectivity index (χ2n) is 6.00. The number of rotatable bonds is 4. The Labute approximate surface area is 120 Å². The van der Waals surface area contributed by atoms with E-state index in [2.05, 4.69) is 27.7 Å². The molecular formula is C16H23N3O. The average molecular weight is 273 g/mol. The molecule has 3 heterocycles. The first-order chi connectivity index (χ1) is 9.70. The summed E-state index contributed by atoms with van der Waals surface area (Å²) in [5.41, 5.74) is 2.14. The van der Waals surface area contributed by atoms with E-state index in [1.165, 1.54) is 45.0 Å². The number of amides is 1. The van der Waals surface area contributed by atoms with Crippen LogP contribution in [0.5, 0.6) is 0 Å². The van der Waals surface area contributed by atoms with Crippen molar-refractivity contribution in [1.29, 1.82) is 0 Å².